The van der Waals surface area contributed by atoms with Crippen molar-refractivity contribution >= 4 is 17.7 Å². The van der Waals surface area contributed by atoms with Gasteiger partial charge in [0.15, 0.2) is 11.5 Å². The van der Waals surface area contributed by atoms with Crippen LogP contribution in [-0.2, 0) is 4.79 Å². The second-order valence-electron chi connectivity index (χ2n) is 7.25. The molecular formula is C23H31N3O3. The molecule has 0 saturated carbocycles. The maximum Gasteiger partial charge on any atom is 0.248 e. The van der Waals surface area contributed by atoms with Crippen molar-refractivity contribution in [1.29, 1.82) is 0 Å². The highest BCUT2D eigenvalue weighted by molar-refractivity contribution is 6.02. The van der Waals surface area contributed by atoms with Gasteiger partial charge in [-0.3, -0.25) is 14.7 Å². The minimum Gasteiger partial charge on any atom is -0.493 e. The first-order chi connectivity index (χ1) is 13.9. The Hall–Kier alpha value is -2.86. The van der Waals surface area contributed by atoms with Gasteiger partial charge in [0.1, 0.15) is 6.61 Å². The van der Waals surface area contributed by atoms with E-state index < -0.39 is 0 Å². The van der Waals surface area contributed by atoms with Crippen LogP contribution in [0, 0.1) is 0 Å². The fourth-order valence-electron chi connectivity index (χ4n) is 3.07. The predicted molar refractivity (Wildman–Crippen MR) is 117 cm³/mol. The van der Waals surface area contributed by atoms with E-state index in [-0.39, 0.29) is 5.91 Å². The standard InChI is InChI=1S/C23H31N3O3/c1-17(2)26(18(3)4)13-14-29-22-15-20(9-10-21(22)28-5)25-23(27)11-8-19-7-6-12-24-16-19/h6-12,15-18H,13-14H2,1-5H3,(H,25,27). The van der Waals surface area contributed by atoms with Crippen LogP contribution >= 0.6 is 0 Å². The van der Waals surface area contributed by atoms with Gasteiger partial charge in [-0.2, -0.15) is 0 Å². The highest BCUT2D eigenvalue weighted by atomic mass is 16.5. The molecule has 0 radical (unpaired) electrons. The summed E-state index contributed by atoms with van der Waals surface area (Å²) in [5.74, 6) is 1.01. The molecule has 1 aromatic heterocycles. The lowest BCUT2D eigenvalue weighted by molar-refractivity contribution is -0.111. The van der Waals surface area contributed by atoms with Crippen molar-refractivity contribution in [3.05, 3.63) is 54.4 Å². The topological polar surface area (TPSA) is 63.7 Å². The van der Waals surface area contributed by atoms with Gasteiger partial charge in [-0.1, -0.05) is 6.07 Å². The second-order valence-corrected chi connectivity index (χ2v) is 7.25. The Morgan fingerprint density at radius 3 is 2.55 bits per heavy atom. The Morgan fingerprint density at radius 2 is 1.93 bits per heavy atom. The van der Waals surface area contributed by atoms with Gasteiger partial charge in [-0.15, -0.1) is 0 Å². The Kier molecular flexibility index (Phi) is 8.68. The molecule has 29 heavy (non-hydrogen) atoms. The van der Waals surface area contributed by atoms with Gasteiger partial charge in [0.05, 0.1) is 7.11 Å². The normalized spacial score (nSPS) is 11.4. The van der Waals surface area contributed by atoms with Crippen LogP contribution in [-0.4, -0.2) is 48.1 Å². The Morgan fingerprint density at radius 1 is 1.17 bits per heavy atom. The molecule has 0 saturated heterocycles. The molecule has 6 heteroatoms. The molecule has 1 heterocycles. The lowest BCUT2D eigenvalue weighted by atomic mass is 10.2. The van der Waals surface area contributed by atoms with Crippen molar-refractivity contribution in [2.45, 2.75) is 39.8 Å². The summed E-state index contributed by atoms with van der Waals surface area (Å²) < 4.78 is 11.4. The Balaban J connectivity index is 2.00. The molecule has 1 aromatic carbocycles. The molecule has 0 spiro atoms. The lowest BCUT2D eigenvalue weighted by Gasteiger charge is -2.30. The first-order valence-corrected chi connectivity index (χ1v) is 9.86. The van der Waals surface area contributed by atoms with Crippen molar-refractivity contribution in [3.63, 3.8) is 0 Å². The van der Waals surface area contributed by atoms with E-state index in [0.717, 1.165) is 12.1 Å². The Bertz CT molecular complexity index is 796. The third-order valence-corrected chi connectivity index (χ3v) is 4.48. The van der Waals surface area contributed by atoms with Crippen LogP contribution in [0.2, 0.25) is 0 Å². The van der Waals surface area contributed by atoms with Crippen LogP contribution in [0.5, 0.6) is 11.5 Å². The number of anilines is 1. The number of carbonyl (C=O) groups is 1. The van der Waals surface area contributed by atoms with E-state index in [1.54, 1.807) is 43.8 Å². The largest absolute Gasteiger partial charge is 0.493 e. The predicted octanol–water partition coefficient (Wildman–Crippen LogP) is 4.24. The number of benzene rings is 1. The maximum atomic E-state index is 12.2. The smallest absolute Gasteiger partial charge is 0.248 e. The van der Waals surface area contributed by atoms with E-state index >= 15 is 0 Å². The van der Waals surface area contributed by atoms with Gasteiger partial charge in [-0.05, 0) is 57.5 Å². The Labute approximate surface area is 173 Å². The van der Waals surface area contributed by atoms with Crippen molar-refractivity contribution < 1.29 is 14.3 Å². The van der Waals surface area contributed by atoms with Gasteiger partial charge in [-0.25, -0.2) is 0 Å². The molecule has 2 aromatic rings. The molecule has 0 aliphatic heterocycles. The van der Waals surface area contributed by atoms with Crippen molar-refractivity contribution in [2.75, 3.05) is 25.6 Å². The van der Waals surface area contributed by atoms with E-state index in [0.29, 0.717) is 35.9 Å². The summed E-state index contributed by atoms with van der Waals surface area (Å²) in [6, 6.07) is 9.95. The minimum absolute atomic E-state index is 0.226. The van der Waals surface area contributed by atoms with Crippen molar-refractivity contribution in [3.8, 4) is 11.5 Å². The number of pyridine rings is 1. The third-order valence-electron chi connectivity index (χ3n) is 4.48. The lowest BCUT2D eigenvalue weighted by Crippen LogP contribution is -2.39. The number of ether oxygens (including phenoxy) is 2. The molecule has 2 rings (SSSR count). The minimum atomic E-state index is -0.226. The summed E-state index contributed by atoms with van der Waals surface area (Å²) in [6.07, 6.45) is 6.58. The molecule has 0 bridgehead atoms. The van der Waals surface area contributed by atoms with Gasteiger partial charge < -0.3 is 14.8 Å². The third kappa shape index (κ3) is 7.23. The van der Waals surface area contributed by atoms with Gasteiger partial charge >= 0.3 is 0 Å². The van der Waals surface area contributed by atoms with Crippen LogP contribution < -0.4 is 14.8 Å². The average molecular weight is 398 g/mol. The van der Waals surface area contributed by atoms with E-state index in [4.69, 9.17) is 9.47 Å². The molecule has 6 nitrogen and oxygen atoms in total. The molecule has 0 fully saturated rings. The van der Waals surface area contributed by atoms with Gasteiger partial charge in [0.2, 0.25) is 5.91 Å². The summed E-state index contributed by atoms with van der Waals surface area (Å²) in [5, 5.41) is 2.85. The summed E-state index contributed by atoms with van der Waals surface area (Å²) >= 11 is 0. The summed E-state index contributed by atoms with van der Waals surface area (Å²) in [6.45, 7) is 10.0. The number of nitrogens with zero attached hydrogens (tertiary/aromatic N) is 2. The van der Waals surface area contributed by atoms with E-state index in [9.17, 15) is 4.79 Å². The number of rotatable bonds is 10. The second kappa shape index (κ2) is 11.2. The summed E-state index contributed by atoms with van der Waals surface area (Å²) in [4.78, 5) is 18.6. The first kappa shape index (κ1) is 22.4. The molecular weight excluding hydrogens is 366 g/mol. The molecule has 0 aliphatic carbocycles. The van der Waals surface area contributed by atoms with Crippen LogP contribution in [0.1, 0.15) is 33.3 Å². The molecule has 0 atom stereocenters. The number of aromatic nitrogens is 1. The van der Waals surface area contributed by atoms with Crippen LogP contribution in [0.3, 0.4) is 0 Å². The van der Waals surface area contributed by atoms with Crippen LogP contribution in [0.25, 0.3) is 6.08 Å². The zero-order valence-electron chi connectivity index (χ0n) is 17.9. The zero-order valence-corrected chi connectivity index (χ0v) is 17.9. The number of hydrogen-bond donors (Lipinski definition) is 1. The van der Waals surface area contributed by atoms with Crippen molar-refractivity contribution in [2.24, 2.45) is 0 Å². The van der Waals surface area contributed by atoms with E-state index in [1.165, 1.54) is 6.08 Å². The number of methoxy groups -OCH3 is 1. The summed E-state index contributed by atoms with van der Waals surface area (Å²) in [5.41, 5.74) is 1.51. The fourth-order valence-corrected chi connectivity index (χ4v) is 3.07. The van der Waals surface area contributed by atoms with Gasteiger partial charge in [0, 0.05) is 48.9 Å². The molecule has 0 aliphatic rings. The quantitative estimate of drug-likeness (QED) is 0.608. The highest BCUT2D eigenvalue weighted by Gasteiger charge is 2.14. The van der Waals surface area contributed by atoms with Crippen LogP contribution in [0.15, 0.2) is 48.8 Å². The number of carbonyl (C=O) groups excluding carboxylic acids is 1. The van der Waals surface area contributed by atoms with Gasteiger partial charge in [0.25, 0.3) is 0 Å². The SMILES string of the molecule is COc1ccc(NC(=O)C=Cc2cccnc2)cc1OCCN(C(C)C)C(C)C. The molecule has 0 unspecified atom stereocenters. The fraction of sp³-hybridized carbons (Fsp3) is 0.391. The van der Waals surface area contributed by atoms with Crippen molar-refractivity contribution in [1.82, 2.24) is 9.88 Å². The average Bonchev–Trinajstić information content (AvgIpc) is 2.70. The maximum absolute atomic E-state index is 12.2. The molecule has 156 valence electrons. The summed E-state index contributed by atoms with van der Waals surface area (Å²) in [7, 11) is 1.60. The highest BCUT2D eigenvalue weighted by Crippen LogP contribution is 2.30. The molecule has 1 N–H and O–H groups in total. The molecule has 1 amide bonds. The van der Waals surface area contributed by atoms with E-state index in [1.807, 2.05) is 12.1 Å². The van der Waals surface area contributed by atoms with Crippen LogP contribution in [0.4, 0.5) is 5.69 Å². The first-order valence-electron chi connectivity index (χ1n) is 9.86. The number of hydrogen-bond acceptors (Lipinski definition) is 5. The monoisotopic (exact) mass is 397 g/mol. The number of amides is 1. The number of nitrogens with one attached hydrogen (secondary N) is 1. The van der Waals surface area contributed by atoms with E-state index in [2.05, 4.69) is 42.9 Å². The zero-order chi connectivity index (χ0) is 21.2.